The molecule has 1 heterocycles. The molecule has 0 spiro atoms. The van der Waals surface area contributed by atoms with Crippen molar-refractivity contribution < 1.29 is 31.5 Å². The summed E-state index contributed by atoms with van der Waals surface area (Å²) in [6.45, 7) is 0.281. The van der Waals surface area contributed by atoms with Gasteiger partial charge in [-0.2, -0.15) is 13.2 Å². The van der Waals surface area contributed by atoms with E-state index in [1.54, 1.807) is 0 Å². The van der Waals surface area contributed by atoms with Crippen LogP contribution in [-0.2, 0) is 21.0 Å². The summed E-state index contributed by atoms with van der Waals surface area (Å²) in [5.41, 5.74) is -1.40. The van der Waals surface area contributed by atoms with Gasteiger partial charge in [-0.25, -0.2) is 18.4 Å². The van der Waals surface area contributed by atoms with Crippen molar-refractivity contribution in [2.75, 3.05) is 11.4 Å². The van der Waals surface area contributed by atoms with Crippen molar-refractivity contribution in [2.24, 2.45) is 5.14 Å². The zero-order chi connectivity index (χ0) is 16.7. The number of carbonyl (C=O) groups is 1. The van der Waals surface area contributed by atoms with Gasteiger partial charge in [0.1, 0.15) is 6.04 Å². The first-order chi connectivity index (χ1) is 10.0. The van der Waals surface area contributed by atoms with E-state index in [-0.39, 0.29) is 12.2 Å². The molecule has 10 heteroatoms. The fraction of sp³-hybridized carbons (Fsp3) is 0.417. The number of benzene rings is 1. The maximum Gasteiger partial charge on any atom is 0.417 e. The van der Waals surface area contributed by atoms with E-state index in [0.29, 0.717) is 18.9 Å². The topological polar surface area (TPSA) is 101 Å². The second-order valence-electron chi connectivity index (χ2n) is 4.91. The van der Waals surface area contributed by atoms with Gasteiger partial charge in [0.2, 0.25) is 10.0 Å². The van der Waals surface area contributed by atoms with Gasteiger partial charge < -0.3 is 10.0 Å². The van der Waals surface area contributed by atoms with Crippen LogP contribution in [0, 0.1) is 0 Å². The molecule has 0 saturated carbocycles. The van der Waals surface area contributed by atoms with E-state index >= 15 is 0 Å². The SMILES string of the molecule is NS(=O)(=O)c1ccc(N2CCC[C@H]2C(=O)O)cc1C(F)(F)F. The zero-order valence-corrected chi connectivity index (χ0v) is 12.0. The molecule has 0 aliphatic carbocycles. The Morgan fingerprint density at radius 1 is 1.36 bits per heavy atom. The van der Waals surface area contributed by atoms with Crippen molar-refractivity contribution in [2.45, 2.75) is 30.0 Å². The zero-order valence-electron chi connectivity index (χ0n) is 11.2. The van der Waals surface area contributed by atoms with E-state index in [1.165, 1.54) is 4.90 Å². The molecule has 0 radical (unpaired) electrons. The molecule has 6 nitrogen and oxygen atoms in total. The highest BCUT2D eigenvalue weighted by molar-refractivity contribution is 7.89. The normalized spacial score (nSPS) is 19.5. The minimum Gasteiger partial charge on any atom is -0.480 e. The molecule has 1 aliphatic heterocycles. The molecule has 1 aromatic rings. The van der Waals surface area contributed by atoms with Crippen LogP contribution < -0.4 is 10.0 Å². The highest BCUT2D eigenvalue weighted by Gasteiger charge is 2.38. The molecular formula is C12H13F3N2O4S. The second-order valence-corrected chi connectivity index (χ2v) is 6.44. The molecule has 2 rings (SSSR count). The molecule has 22 heavy (non-hydrogen) atoms. The molecule has 1 atom stereocenters. The van der Waals surface area contributed by atoms with Gasteiger partial charge in [-0.3, -0.25) is 0 Å². The fourth-order valence-electron chi connectivity index (χ4n) is 2.50. The maximum absolute atomic E-state index is 13.0. The predicted octanol–water partition coefficient (Wildman–Crippen LogP) is 1.41. The average Bonchev–Trinajstić information content (AvgIpc) is 2.85. The maximum atomic E-state index is 13.0. The monoisotopic (exact) mass is 338 g/mol. The summed E-state index contributed by atoms with van der Waals surface area (Å²) in [7, 11) is -4.54. The lowest BCUT2D eigenvalue weighted by Gasteiger charge is -2.25. The van der Waals surface area contributed by atoms with Gasteiger partial charge in [0, 0.05) is 12.2 Å². The van der Waals surface area contributed by atoms with Gasteiger partial charge in [0.15, 0.2) is 0 Å². The number of primary sulfonamides is 1. The van der Waals surface area contributed by atoms with Crippen molar-refractivity contribution in [1.29, 1.82) is 0 Å². The van der Waals surface area contributed by atoms with E-state index in [0.717, 1.165) is 12.1 Å². The summed E-state index contributed by atoms with van der Waals surface area (Å²) in [5, 5.41) is 13.9. The summed E-state index contributed by atoms with van der Waals surface area (Å²) in [4.78, 5) is 11.4. The van der Waals surface area contributed by atoms with Gasteiger partial charge >= 0.3 is 12.1 Å². The minimum atomic E-state index is -4.92. The number of anilines is 1. The highest BCUT2D eigenvalue weighted by atomic mass is 32.2. The molecule has 122 valence electrons. The molecule has 0 aromatic heterocycles. The van der Waals surface area contributed by atoms with Crippen LogP contribution in [0.15, 0.2) is 23.1 Å². The lowest BCUT2D eigenvalue weighted by Crippen LogP contribution is -2.36. The van der Waals surface area contributed by atoms with Gasteiger partial charge in [-0.05, 0) is 31.0 Å². The van der Waals surface area contributed by atoms with Gasteiger partial charge in [0.05, 0.1) is 10.5 Å². The van der Waals surface area contributed by atoms with Crippen LogP contribution in [0.25, 0.3) is 0 Å². The fourth-order valence-corrected chi connectivity index (χ4v) is 3.24. The summed E-state index contributed by atoms with van der Waals surface area (Å²) < 4.78 is 61.7. The largest absolute Gasteiger partial charge is 0.480 e. The number of sulfonamides is 1. The molecule has 3 N–H and O–H groups in total. The van der Waals surface area contributed by atoms with E-state index < -0.39 is 38.7 Å². The summed E-state index contributed by atoms with van der Waals surface area (Å²) >= 11 is 0. The van der Waals surface area contributed by atoms with E-state index in [2.05, 4.69) is 0 Å². The Balaban J connectivity index is 2.55. The molecule has 1 fully saturated rings. The number of carboxylic acids is 1. The lowest BCUT2D eigenvalue weighted by molar-refractivity contribution is -0.140. The van der Waals surface area contributed by atoms with Crippen molar-refractivity contribution in [3.63, 3.8) is 0 Å². The number of nitrogens with zero attached hydrogens (tertiary/aromatic N) is 1. The summed E-state index contributed by atoms with van der Waals surface area (Å²) in [6, 6.07) is 1.59. The number of aliphatic carboxylic acids is 1. The number of hydrogen-bond acceptors (Lipinski definition) is 4. The van der Waals surface area contributed by atoms with Crippen LogP contribution in [-0.4, -0.2) is 32.1 Å². The summed E-state index contributed by atoms with van der Waals surface area (Å²) in [6.07, 6.45) is -4.08. The van der Waals surface area contributed by atoms with Crippen LogP contribution in [0.5, 0.6) is 0 Å². The number of hydrogen-bond donors (Lipinski definition) is 2. The third-order valence-electron chi connectivity index (χ3n) is 3.44. The average molecular weight is 338 g/mol. The van der Waals surface area contributed by atoms with Crippen LogP contribution in [0.2, 0.25) is 0 Å². The number of rotatable bonds is 3. The minimum absolute atomic E-state index is 0.00428. The Bertz CT molecular complexity index is 703. The number of alkyl halides is 3. The molecule has 0 unspecified atom stereocenters. The second kappa shape index (κ2) is 5.43. The summed E-state index contributed by atoms with van der Waals surface area (Å²) in [5.74, 6) is -1.14. The van der Waals surface area contributed by atoms with Crippen molar-refractivity contribution in [3.8, 4) is 0 Å². The molecule has 1 aromatic carbocycles. The van der Waals surface area contributed by atoms with Gasteiger partial charge in [-0.15, -0.1) is 0 Å². The molecule has 0 amide bonds. The van der Waals surface area contributed by atoms with Crippen LogP contribution in [0.4, 0.5) is 18.9 Å². The van der Waals surface area contributed by atoms with E-state index in [1.807, 2.05) is 0 Å². The van der Waals surface area contributed by atoms with Crippen molar-refractivity contribution >= 4 is 21.7 Å². The van der Waals surface area contributed by atoms with Crippen LogP contribution in [0.1, 0.15) is 18.4 Å². The quantitative estimate of drug-likeness (QED) is 0.868. The number of nitrogens with two attached hydrogens (primary N) is 1. The Kier molecular flexibility index (Phi) is 4.09. The van der Waals surface area contributed by atoms with Crippen LogP contribution in [0.3, 0.4) is 0 Å². The highest BCUT2D eigenvalue weighted by Crippen LogP contribution is 2.37. The smallest absolute Gasteiger partial charge is 0.417 e. The first-order valence-electron chi connectivity index (χ1n) is 6.25. The van der Waals surface area contributed by atoms with Crippen molar-refractivity contribution in [1.82, 2.24) is 0 Å². The Morgan fingerprint density at radius 2 is 2.00 bits per heavy atom. The molecular weight excluding hydrogens is 325 g/mol. The third-order valence-corrected chi connectivity index (χ3v) is 4.41. The number of halogens is 3. The van der Waals surface area contributed by atoms with Gasteiger partial charge in [0.25, 0.3) is 0 Å². The van der Waals surface area contributed by atoms with E-state index in [9.17, 15) is 26.4 Å². The first kappa shape index (κ1) is 16.6. The van der Waals surface area contributed by atoms with Crippen molar-refractivity contribution in [3.05, 3.63) is 23.8 Å². The number of carboxylic acid groups (broad SMARTS) is 1. The molecule has 1 saturated heterocycles. The first-order valence-corrected chi connectivity index (χ1v) is 7.80. The molecule has 0 bridgehead atoms. The van der Waals surface area contributed by atoms with E-state index in [4.69, 9.17) is 10.2 Å². The van der Waals surface area contributed by atoms with Crippen LogP contribution >= 0.6 is 0 Å². The Labute approximate surface area is 124 Å². The Morgan fingerprint density at radius 3 is 2.50 bits per heavy atom. The standard InChI is InChI=1S/C12H13F3N2O4S/c13-12(14,15)8-6-7(3-4-10(8)22(16,20)21)17-5-1-2-9(17)11(18)19/h3-4,6,9H,1-2,5H2,(H,18,19)(H2,16,20,21)/t9-/m0/s1. The molecule has 1 aliphatic rings. The lowest BCUT2D eigenvalue weighted by atomic mass is 10.1. The third kappa shape index (κ3) is 3.17. The Hall–Kier alpha value is -1.81. The predicted molar refractivity (Wildman–Crippen MR) is 70.8 cm³/mol. The van der Waals surface area contributed by atoms with Gasteiger partial charge in [-0.1, -0.05) is 0 Å².